The zero-order valence-electron chi connectivity index (χ0n) is 10.3. The Morgan fingerprint density at radius 1 is 1.59 bits per heavy atom. The van der Waals surface area contributed by atoms with Crippen LogP contribution in [-0.2, 0) is 4.79 Å². The molecule has 0 bridgehead atoms. The van der Waals surface area contributed by atoms with Crippen molar-refractivity contribution >= 4 is 11.9 Å². The number of carbonyl (C=O) groups is 1. The molecule has 1 unspecified atom stereocenters. The Kier molecular flexibility index (Phi) is 3.12. The molecule has 0 saturated carbocycles. The average molecular weight is 235 g/mol. The molecule has 0 aromatic carbocycles. The number of nitrogens with one attached hydrogen (secondary N) is 2. The molecule has 2 rings (SSSR count). The molecule has 1 amide bonds. The Bertz CT molecular complexity index is 448. The Morgan fingerprint density at radius 2 is 2.35 bits per heavy atom. The van der Waals surface area contributed by atoms with Crippen molar-refractivity contribution in [3.63, 3.8) is 0 Å². The van der Waals surface area contributed by atoms with Gasteiger partial charge in [-0.25, -0.2) is 0 Å². The minimum Gasteiger partial charge on any atom is -0.340 e. The van der Waals surface area contributed by atoms with Crippen molar-refractivity contribution in [3.8, 4) is 0 Å². The van der Waals surface area contributed by atoms with Crippen molar-refractivity contribution in [3.05, 3.63) is 18.0 Å². The van der Waals surface area contributed by atoms with Crippen LogP contribution >= 0.6 is 0 Å². The molecule has 1 fully saturated rings. The second-order valence-corrected chi connectivity index (χ2v) is 4.24. The number of hydrogen-bond donors (Lipinski definition) is 2. The Balaban J connectivity index is 2.17. The number of carbonyl (C=O) groups excluding carboxylic acids is 1. The first kappa shape index (κ1) is 11.6. The van der Waals surface area contributed by atoms with Crippen molar-refractivity contribution in [1.82, 2.24) is 20.4 Å². The fourth-order valence-corrected chi connectivity index (χ4v) is 1.69. The molecule has 6 nitrogen and oxygen atoms in total. The van der Waals surface area contributed by atoms with Gasteiger partial charge in [-0.15, -0.1) is 0 Å². The van der Waals surface area contributed by atoms with Crippen LogP contribution in [0.1, 0.15) is 38.4 Å². The van der Waals surface area contributed by atoms with Gasteiger partial charge in [-0.2, -0.15) is 5.10 Å². The van der Waals surface area contributed by atoms with Crippen LogP contribution in [0.4, 0.5) is 0 Å². The van der Waals surface area contributed by atoms with Crippen molar-refractivity contribution in [2.45, 2.75) is 32.9 Å². The number of hydrogen-bond acceptors (Lipinski definition) is 3. The molecule has 1 atom stereocenters. The lowest BCUT2D eigenvalue weighted by Gasteiger charge is -2.05. The largest absolute Gasteiger partial charge is 0.340 e. The Labute approximate surface area is 100 Å². The van der Waals surface area contributed by atoms with E-state index in [1.807, 2.05) is 31.6 Å². The van der Waals surface area contributed by atoms with E-state index in [1.54, 1.807) is 6.20 Å². The van der Waals surface area contributed by atoms with E-state index in [4.69, 9.17) is 0 Å². The van der Waals surface area contributed by atoms with Gasteiger partial charge in [0.1, 0.15) is 6.04 Å². The lowest BCUT2D eigenvalue weighted by molar-refractivity contribution is -0.120. The lowest BCUT2D eigenvalue weighted by Crippen LogP contribution is -2.25. The standard InChI is InChI=1S/C11H17N5O/c1-4-12-11-14-9(10(17)15-11)8-5-13-16(6-8)7(2)3/h5-7,9H,4H2,1-3H3,(H2,12,14,15,17). The smallest absolute Gasteiger partial charge is 0.254 e. The highest BCUT2D eigenvalue weighted by atomic mass is 16.2. The topological polar surface area (TPSA) is 71.3 Å². The normalized spacial score (nSPS) is 22.0. The quantitative estimate of drug-likeness (QED) is 0.806. The summed E-state index contributed by atoms with van der Waals surface area (Å²) in [5, 5.41) is 9.97. The van der Waals surface area contributed by atoms with Gasteiger partial charge in [0.2, 0.25) is 0 Å². The summed E-state index contributed by atoms with van der Waals surface area (Å²) >= 11 is 0. The molecule has 92 valence electrons. The summed E-state index contributed by atoms with van der Waals surface area (Å²) in [6.07, 6.45) is 3.60. The Hall–Kier alpha value is -1.85. The molecule has 1 aliphatic rings. The highest BCUT2D eigenvalue weighted by Crippen LogP contribution is 2.17. The van der Waals surface area contributed by atoms with Gasteiger partial charge >= 0.3 is 0 Å². The van der Waals surface area contributed by atoms with Crippen LogP contribution in [0.2, 0.25) is 0 Å². The summed E-state index contributed by atoms with van der Waals surface area (Å²) < 4.78 is 1.83. The van der Waals surface area contributed by atoms with E-state index in [2.05, 4.69) is 20.7 Å². The average Bonchev–Trinajstić information content (AvgIpc) is 2.85. The van der Waals surface area contributed by atoms with Crippen molar-refractivity contribution in [2.24, 2.45) is 4.99 Å². The molecule has 1 aliphatic heterocycles. The third-order valence-electron chi connectivity index (χ3n) is 2.58. The first-order valence-electron chi connectivity index (χ1n) is 5.77. The Morgan fingerprint density at radius 3 is 2.94 bits per heavy atom. The molecular formula is C11H17N5O. The number of nitrogens with zero attached hydrogens (tertiary/aromatic N) is 3. The lowest BCUT2D eigenvalue weighted by atomic mass is 10.2. The second-order valence-electron chi connectivity index (χ2n) is 4.24. The highest BCUT2D eigenvalue weighted by molar-refractivity contribution is 6.06. The van der Waals surface area contributed by atoms with E-state index in [1.165, 1.54) is 0 Å². The number of guanidine groups is 1. The van der Waals surface area contributed by atoms with E-state index < -0.39 is 0 Å². The van der Waals surface area contributed by atoms with Crippen LogP contribution in [0.3, 0.4) is 0 Å². The van der Waals surface area contributed by atoms with Crippen LogP contribution < -0.4 is 10.6 Å². The van der Waals surface area contributed by atoms with Gasteiger partial charge < -0.3 is 5.32 Å². The fourth-order valence-electron chi connectivity index (χ4n) is 1.69. The molecule has 0 spiro atoms. The molecule has 17 heavy (non-hydrogen) atoms. The third-order valence-corrected chi connectivity index (χ3v) is 2.58. The molecular weight excluding hydrogens is 218 g/mol. The predicted octanol–water partition coefficient (Wildman–Crippen LogP) is 0.600. The SMILES string of the molecule is CCN=C1NC(=O)C(c2cnn(C(C)C)c2)N1. The van der Waals surface area contributed by atoms with Gasteiger partial charge in [0.05, 0.1) is 6.20 Å². The van der Waals surface area contributed by atoms with Crippen molar-refractivity contribution < 1.29 is 4.79 Å². The van der Waals surface area contributed by atoms with Gasteiger partial charge in [-0.1, -0.05) is 0 Å². The van der Waals surface area contributed by atoms with Gasteiger partial charge in [-0.05, 0) is 20.8 Å². The van der Waals surface area contributed by atoms with E-state index in [9.17, 15) is 4.79 Å². The van der Waals surface area contributed by atoms with E-state index in [0.717, 1.165) is 5.56 Å². The molecule has 1 aromatic rings. The molecule has 0 aliphatic carbocycles. The summed E-state index contributed by atoms with van der Waals surface area (Å²) in [6.45, 7) is 6.65. The molecule has 2 heterocycles. The summed E-state index contributed by atoms with van der Waals surface area (Å²) in [4.78, 5) is 15.9. The number of aromatic nitrogens is 2. The summed E-state index contributed by atoms with van der Waals surface area (Å²) in [7, 11) is 0. The predicted molar refractivity (Wildman–Crippen MR) is 64.6 cm³/mol. The van der Waals surface area contributed by atoms with Gasteiger partial charge in [-0.3, -0.25) is 19.8 Å². The second kappa shape index (κ2) is 4.57. The first-order chi connectivity index (χ1) is 8.11. The van der Waals surface area contributed by atoms with E-state index in [0.29, 0.717) is 12.5 Å². The van der Waals surface area contributed by atoms with Gasteiger partial charge in [0.25, 0.3) is 5.91 Å². The number of amides is 1. The summed E-state index contributed by atoms with van der Waals surface area (Å²) in [5.41, 5.74) is 0.859. The van der Waals surface area contributed by atoms with Gasteiger partial charge in [0.15, 0.2) is 5.96 Å². The maximum absolute atomic E-state index is 11.7. The molecule has 1 saturated heterocycles. The van der Waals surface area contributed by atoms with Gasteiger partial charge in [0, 0.05) is 24.3 Å². The molecule has 0 radical (unpaired) electrons. The van der Waals surface area contributed by atoms with Crippen LogP contribution in [0.25, 0.3) is 0 Å². The van der Waals surface area contributed by atoms with Crippen molar-refractivity contribution in [2.75, 3.05) is 6.54 Å². The number of rotatable bonds is 3. The van der Waals surface area contributed by atoms with Crippen molar-refractivity contribution in [1.29, 1.82) is 0 Å². The van der Waals surface area contributed by atoms with Crippen LogP contribution in [-0.4, -0.2) is 28.2 Å². The minimum absolute atomic E-state index is 0.0829. The fraction of sp³-hybridized carbons (Fsp3) is 0.545. The van der Waals surface area contributed by atoms with E-state index in [-0.39, 0.29) is 18.0 Å². The first-order valence-corrected chi connectivity index (χ1v) is 5.77. The highest BCUT2D eigenvalue weighted by Gasteiger charge is 2.30. The monoisotopic (exact) mass is 235 g/mol. The van der Waals surface area contributed by atoms with E-state index >= 15 is 0 Å². The maximum atomic E-state index is 11.7. The molecule has 1 aromatic heterocycles. The molecule has 2 N–H and O–H groups in total. The summed E-state index contributed by atoms with van der Waals surface area (Å²) in [6, 6.07) is -0.0928. The number of aliphatic imine (C=N–C) groups is 1. The zero-order valence-corrected chi connectivity index (χ0v) is 10.3. The van der Waals surface area contributed by atoms with Crippen LogP contribution in [0.15, 0.2) is 17.4 Å². The molecule has 6 heteroatoms. The van der Waals surface area contributed by atoms with Crippen LogP contribution in [0, 0.1) is 0 Å². The maximum Gasteiger partial charge on any atom is 0.254 e. The summed E-state index contributed by atoms with van der Waals surface area (Å²) in [5.74, 6) is 0.459. The zero-order chi connectivity index (χ0) is 12.4. The third kappa shape index (κ3) is 2.30. The van der Waals surface area contributed by atoms with Crippen LogP contribution in [0.5, 0.6) is 0 Å². The minimum atomic E-state index is -0.382.